The molecule has 7 heteroatoms. The van der Waals surface area contributed by atoms with Gasteiger partial charge in [-0.15, -0.1) is 11.3 Å². The molecule has 2 N–H and O–H groups in total. The van der Waals surface area contributed by atoms with Gasteiger partial charge in [0.1, 0.15) is 4.90 Å². The zero-order chi connectivity index (χ0) is 14.6. The standard InChI is InChI=1S/C13H17NO3S3/c1-18-8-4-7-14-20(16,17)13-10-5-2-3-6-11(10)19-12(13)9-15/h2-3,5-6,14-15H,4,7-9H2,1H3. The van der Waals surface area contributed by atoms with Gasteiger partial charge in [0, 0.05) is 16.6 Å². The van der Waals surface area contributed by atoms with Crippen molar-refractivity contribution >= 4 is 43.2 Å². The van der Waals surface area contributed by atoms with Gasteiger partial charge in [-0.25, -0.2) is 13.1 Å². The average molecular weight is 331 g/mol. The zero-order valence-electron chi connectivity index (χ0n) is 11.1. The zero-order valence-corrected chi connectivity index (χ0v) is 13.6. The Morgan fingerprint density at radius 1 is 1.35 bits per heavy atom. The minimum Gasteiger partial charge on any atom is -0.391 e. The first-order valence-corrected chi connectivity index (χ1v) is 9.89. The molecule has 0 aliphatic carbocycles. The van der Waals surface area contributed by atoms with E-state index in [9.17, 15) is 13.5 Å². The van der Waals surface area contributed by atoms with Gasteiger partial charge in [-0.3, -0.25) is 0 Å². The van der Waals surface area contributed by atoms with E-state index < -0.39 is 10.0 Å². The van der Waals surface area contributed by atoms with Crippen LogP contribution >= 0.6 is 23.1 Å². The van der Waals surface area contributed by atoms with E-state index >= 15 is 0 Å². The minimum atomic E-state index is -3.58. The fourth-order valence-corrected chi connectivity index (χ4v) is 5.27. The van der Waals surface area contributed by atoms with Gasteiger partial charge in [0.2, 0.25) is 10.0 Å². The molecule has 0 fully saturated rings. The summed E-state index contributed by atoms with van der Waals surface area (Å²) in [7, 11) is -3.58. The van der Waals surface area contributed by atoms with Crippen LogP contribution in [0.4, 0.5) is 0 Å². The van der Waals surface area contributed by atoms with Crippen LogP contribution < -0.4 is 4.72 Å². The molecule has 0 aliphatic rings. The molecule has 110 valence electrons. The van der Waals surface area contributed by atoms with E-state index in [-0.39, 0.29) is 11.5 Å². The van der Waals surface area contributed by atoms with Gasteiger partial charge < -0.3 is 5.11 Å². The summed E-state index contributed by atoms with van der Waals surface area (Å²) >= 11 is 3.01. The van der Waals surface area contributed by atoms with E-state index in [4.69, 9.17) is 0 Å². The Labute approximate surface area is 127 Å². The molecule has 0 amide bonds. The van der Waals surface area contributed by atoms with E-state index in [1.165, 1.54) is 11.3 Å². The number of aliphatic hydroxyl groups is 1. The second-order valence-electron chi connectivity index (χ2n) is 4.25. The van der Waals surface area contributed by atoms with Crippen LogP contribution in [0.3, 0.4) is 0 Å². The lowest BCUT2D eigenvalue weighted by molar-refractivity contribution is 0.283. The number of fused-ring (bicyclic) bond motifs is 1. The highest BCUT2D eigenvalue weighted by atomic mass is 32.2. The number of benzene rings is 1. The van der Waals surface area contributed by atoms with Gasteiger partial charge >= 0.3 is 0 Å². The number of aliphatic hydroxyl groups excluding tert-OH is 1. The van der Waals surface area contributed by atoms with Crippen LogP contribution in [-0.4, -0.2) is 32.1 Å². The molecule has 1 heterocycles. The predicted molar refractivity (Wildman–Crippen MR) is 85.9 cm³/mol. The van der Waals surface area contributed by atoms with Gasteiger partial charge in [0.05, 0.1) is 11.5 Å². The summed E-state index contributed by atoms with van der Waals surface area (Å²) in [4.78, 5) is 0.716. The third-order valence-corrected chi connectivity index (χ3v) is 6.42. The van der Waals surface area contributed by atoms with Crippen molar-refractivity contribution in [3.8, 4) is 0 Å². The Hall–Kier alpha value is -0.600. The molecule has 0 unspecified atom stereocenters. The molecular formula is C13H17NO3S3. The quantitative estimate of drug-likeness (QED) is 0.765. The molecule has 0 radical (unpaired) electrons. The molecule has 4 nitrogen and oxygen atoms in total. The second kappa shape index (κ2) is 6.91. The normalized spacial score (nSPS) is 12.1. The van der Waals surface area contributed by atoms with Crippen molar-refractivity contribution in [3.63, 3.8) is 0 Å². The lowest BCUT2D eigenvalue weighted by Gasteiger charge is -2.07. The largest absolute Gasteiger partial charge is 0.391 e. The summed E-state index contributed by atoms with van der Waals surface area (Å²) in [5.74, 6) is 0.916. The number of rotatable bonds is 7. The summed E-state index contributed by atoms with van der Waals surface area (Å²) in [5.41, 5.74) is 0. The molecule has 1 aromatic heterocycles. The predicted octanol–water partition coefficient (Wildman–Crippen LogP) is 2.43. The molecule has 0 saturated heterocycles. The molecule has 2 rings (SSSR count). The molecule has 0 spiro atoms. The maximum absolute atomic E-state index is 12.4. The van der Waals surface area contributed by atoms with E-state index in [0.29, 0.717) is 16.8 Å². The van der Waals surface area contributed by atoms with Crippen LogP contribution in [0.1, 0.15) is 11.3 Å². The first kappa shape index (κ1) is 15.8. The smallest absolute Gasteiger partial charge is 0.242 e. The van der Waals surface area contributed by atoms with E-state index in [1.54, 1.807) is 17.8 Å². The number of hydrogen-bond donors (Lipinski definition) is 2. The highest BCUT2D eigenvalue weighted by molar-refractivity contribution is 7.98. The van der Waals surface area contributed by atoms with E-state index in [1.807, 2.05) is 24.5 Å². The van der Waals surface area contributed by atoms with Crippen LogP contribution in [0, 0.1) is 0 Å². The van der Waals surface area contributed by atoms with Gasteiger partial charge in [-0.1, -0.05) is 18.2 Å². The van der Waals surface area contributed by atoms with E-state index in [2.05, 4.69) is 4.72 Å². The van der Waals surface area contributed by atoms with Crippen molar-refractivity contribution in [1.29, 1.82) is 0 Å². The Bertz CT molecular complexity index is 679. The fraction of sp³-hybridized carbons (Fsp3) is 0.385. The topological polar surface area (TPSA) is 66.4 Å². The third-order valence-electron chi connectivity index (χ3n) is 2.85. The summed E-state index contributed by atoms with van der Waals surface area (Å²) in [6.07, 6.45) is 2.78. The molecule has 0 atom stereocenters. The molecule has 20 heavy (non-hydrogen) atoms. The Morgan fingerprint density at radius 3 is 2.80 bits per heavy atom. The van der Waals surface area contributed by atoms with Crippen molar-refractivity contribution < 1.29 is 13.5 Å². The Kier molecular flexibility index (Phi) is 5.45. The summed E-state index contributed by atoms with van der Waals surface area (Å²) in [5, 5.41) is 10.1. The highest BCUT2D eigenvalue weighted by Crippen LogP contribution is 2.34. The molecule has 0 bridgehead atoms. The fourth-order valence-electron chi connectivity index (χ4n) is 1.97. The molecular weight excluding hydrogens is 314 g/mol. The van der Waals surface area contributed by atoms with Crippen LogP contribution in [-0.2, 0) is 16.6 Å². The van der Waals surface area contributed by atoms with Gasteiger partial charge in [-0.05, 0) is 24.5 Å². The van der Waals surface area contributed by atoms with Gasteiger partial charge in [0.25, 0.3) is 0 Å². The molecule has 0 aliphatic heterocycles. The van der Waals surface area contributed by atoms with E-state index in [0.717, 1.165) is 16.9 Å². The first-order chi connectivity index (χ1) is 9.60. The molecule has 0 saturated carbocycles. The Balaban J connectivity index is 2.35. The number of thioether (sulfide) groups is 1. The van der Waals surface area contributed by atoms with Crippen molar-refractivity contribution in [2.75, 3.05) is 18.6 Å². The van der Waals surface area contributed by atoms with Crippen molar-refractivity contribution in [3.05, 3.63) is 29.1 Å². The maximum atomic E-state index is 12.4. The SMILES string of the molecule is CSCCCNS(=O)(=O)c1c(CO)sc2ccccc12. The highest BCUT2D eigenvalue weighted by Gasteiger charge is 2.23. The summed E-state index contributed by atoms with van der Waals surface area (Å²) in [6.45, 7) is 0.151. The van der Waals surface area contributed by atoms with Gasteiger partial charge in [-0.2, -0.15) is 11.8 Å². The Morgan fingerprint density at radius 2 is 2.10 bits per heavy atom. The number of thiophene rings is 1. The lowest BCUT2D eigenvalue weighted by atomic mass is 10.2. The average Bonchev–Trinajstić information content (AvgIpc) is 2.83. The van der Waals surface area contributed by atoms with Crippen LogP contribution in [0.15, 0.2) is 29.2 Å². The lowest BCUT2D eigenvalue weighted by Crippen LogP contribution is -2.25. The number of nitrogens with one attached hydrogen (secondary N) is 1. The second-order valence-corrected chi connectivity index (χ2v) is 8.08. The third kappa shape index (κ3) is 3.35. The number of sulfonamides is 1. The summed E-state index contributed by atoms with van der Waals surface area (Å²) < 4.78 is 28.3. The summed E-state index contributed by atoms with van der Waals surface area (Å²) in [6, 6.07) is 7.32. The van der Waals surface area contributed by atoms with Crippen molar-refractivity contribution in [2.45, 2.75) is 17.9 Å². The monoisotopic (exact) mass is 331 g/mol. The first-order valence-electron chi connectivity index (χ1n) is 6.20. The van der Waals surface area contributed by atoms with Crippen molar-refractivity contribution in [1.82, 2.24) is 4.72 Å². The maximum Gasteiger partial charge on any atom is 0.242 e. The van der Waals surface area contributed by atoms with Crippen LogP contribution in [0.5, 0.6) is 0 Å². The molecule has 1 aromatic carbocycles. The van der Waals surface area contributed by atoms with Crippen molar-refractivity contribution in [2.24, 2.45) is 0 Å². The molecule has 2 aromatic rings. The number of hydrogen-bond acceptors (Lipinski definition) is 5. The minimum absolute atomic E-state index is 0.227. The van der Waals surface area contributed by atoms with Crippen LogP contribution in [0.2, 0.25) is 0 Å². The van der Waals surface area contributed by atoms with Crippen LogP contribution in [0.25, 0.3) is 10.1 Å². The van der Waals surface area contributed by atoms with Gasteiger partial charge in [0.15, 0.2) is 0 Å².